The summed E-state index contributed by atoms with van der Waals surface area (Å²) in [5.74, 6) is 0.230. The molecule has 1 atom stereocenters. The predicted octanol–water partition coefficient (Wildman–Crippen LogP) is 4.56. The van der Waals surface area contributed by atoms with Gasteiger partial charge in [-0.1, -0.05) is 53.2 Å². The zero-order chi connectivity index (χ0) is 18.9. The molecular weight excluding hydrogens is 394 g/mol. The molecule has 0 unspecified atom stereocenters. The number of benzene rings is 2. The molecule has 0 aromatic heterocycles. The van der Waals surface area contributed by atoms with Gasteiger partial charge < -0.3 is 10.1 Å². The zero-order valence-corrected chi connectivity index (χ0v) is 16.7. The highest BCUT2D eigenvalue weighted by Crippen LogP contribution is 2.24. The van der Waals surface area contributed by atoms with Gasteiger partial charge in [0.25, 0.3) is 5.91 Å². The van der Waals surface area contributed by atoms with E-state index in [-0.39, 0.29) is 24.3 Å². The van der Waals surface area contributed by atoms with Crippen LogP contribution in [0.15, 0.2) is 53.0 Å². The number of aryl methyl sites for hydroxylation is 1. The van der Waals surface area contributed by atoms with Crippen LogP contribution < -0.4 is 10.1 Å². The van der Waals surface area contributed by atoms with E-state index in [4.69, 9.17) is 4.74 Å². The topological polar surface area (TPSA) is 55.4 Å². The molecule has 138 valence electrons. The number of carbonyl (C=O) groups excluding carboxylic acids is 2. The van der Waals surface area contributed by atoms with Crippen LogP contribution in [0.1, 0.15) is 42.6 Å². The number of rotatable bonds is 9. The van der Waals surface area contributed by atoms with Crippen LogP contribution in [-0.2, 0) is 11.2 Å². The van der Waals surface area contributed by atoms with Crippen LogP contribution in [0.3, 0.4) is 0 Å². The highest BCUT2D eigenvalue weighted by atomic mass is 79.9. The number of hydrogen-bond donors (Lipinski definition) is 1. The van der Waals surface area contributed by atoms with E-state index < -0.39 is 0 Å². The number of nitrogens with one attached hydrogen (secondary N) is 1. The van der Waals surface area contributed by atoms with Crippen LogP contribution in [0, 0.1) is 0 Å². The number of Topliss-reactive ketones (excluding diaryl/α,β-unsaturated/α-hetero) is 1. The van der Waals surface area contributed by atoms with Gasteiger partial charge in [-0.2, -0.15) is 0 Å². The smallest absolute Gasteiger partial charge is 0.258 e. The van der Waals surface area contributed by atoms with Crippen LogP contribution >= 0.6 is 15.9 Å². The van der Waals surface area contributed by atoms with Crippen molar-refractivity contribution in [3.05, 3.63) is 64.1 Å². The monoisotopic (exact) mass is 417 g/mol. The molecule has 0 saturated carbocycles. The fraction of sp³-hybridized carbons (Fsp3) is 0.333. The fourth-order valence-electron chi connectivity index (χ4n) is 2.60. The molecule has 0 aliphatic heterocycles. The number of halogens is 1. The zero-order valence-electron chi connectivity index (χ0n) is 15.1. The normalized spacial score (nSPS) is 11.7. The molecule has 0 bridgehead atoms. The molecule has 0 spiro atoms. The van der Waals surface area contributed by atoms with Gasteiger partial charge >= 0.3 is 0 Å². The van der Waals surface area contributed by atoms with Crippen molar-refractivity contribution in [2.24, 2.45) is 0 Å². The average Bonchev–Trinajstić information content (AvgIpc) is 2.65. The van der Waals surface area contributed by atoms with Crippen molar-refractivity contribution in [3.63, 3.8) is 0 Å². The third kappa shape index (κ3) is 6.30. The van der Waals surface area contributed by atoms with E-state index in [0.29, 0.717) is 17.7 Å². The largest absolute Gasteiger partial charge is 0.483 e. The Morgan fingerprint density at radius 2 is 1.88 bits per heavy atom. The molecule has 4 nitrogen and oxygen atoms in total. The highest BCUT2D eigenvalue weighted by molar-refractivity contribution is 9.10. The Balaban J connectivity index is 1.84. The molecule has 0 fully saturated rings. The van der Waals surface area contributed by atoms with Gasteiger partial charge in [-0.05, 0) is 43.5 Å². The Morgan fingerprint density at radius 3 is 2.58 bits per heavy atom. The van der Waals surface area contributed by atoms with Crippen molar-refractivity contribution in [3.8, 4) is 5.75 Å². The lowest BCUT2D eigenvalue weighted by Crippen LogP contribution is -2.36. The Kier molecular flexibility index (Phi) is 7.85. The van der Waals surface area contributed by atoms with Gasteiger partial charge in [0.15, 0.2) is 12.4 Å². The third-order valence-corrected chi connectivity index (χ3v) is 4.53. The first kappa shape index (κ1) is 20.2. The van der Waals surface area contributed by atoms with E-state index >= 15 is 0 Å². The van der Waals surface area contributed by atoms with Crippen LogP contribution in [0.5, 0.6) is 5.75 Å². The summed E-state index contributed by atoms with van der Waals surface area (Å²) >= 11 is 3.36. The molecule has 0 heterocycles. The first-order valence-corrected chi connectivity index (χ1v) is 9.57. The molecule has 0 saturated heterocycles. The molecule has 26 heavy (non-hydrogen) atoms. The minimum absolute atomic E-state index is 0.0158. The summed E-state index contributed by atoms with van der Waals surface area (Å²) in [6.07, 6.45) is 2.15. The summed E-state index contributed by atoms with van der Waals surface area (Å²) in [6, 6.07) is 15.5. The number of carbonyl (C=O) groups is 2. The lowest BCUT2D eigenvalue weighted by Gasteiger charge is -2.15. The van der Waals surface area contributed by atoms with Crippen molar-refractivity contribution in [1.29, 1.82) is 0 Å². The summed E-state index contributed by atoms with van der Waals surface area (Å²) in [4.78, 5) is 24.2. The van der Waals surface area contributed by atoms with Crippen molar-refractivity contribution in [2.75, 3.05) is 6.61 Å². The molecule has 2 rings (SSSR count). The predicted molar refractivity (Wildman–Crippen MR) is 107 cm³/mol. The lowest BCUT2D eigenvalue weighted by molar-refractivity contribution is -0.123. The van der Waals surface area contributed by atoms with Crippen LogP contribution in [-0.4, -0.2) is 24.3 Å². The summed E-state index contributed by atoms with van der Waals surface area (Å²) in [6.45, 7) is 3.67. The fourth-order valence-corrected chi connectivity index (χ4v) is 2.96. The average molecular weight is 418 g/mol. The minimum atomic E-state index is -0.191. The van der Waals surface area contributed by atoms with E-state index in [2.05, 4.69) is 33.4 Å². The van der Waals surface area contributed by atoms with E-state index in [9.17, 15) is 9.59 Å². The van der Waals surface area contributed by atoms with Gasteiger partial charge in [-0.25, -0.2) is 0 Å². The number of ketones is 1. The summed E-state index contributed by atoms with van der Waals surface area (Å²) in [5, 5.41) is 2.94. The van der Waals surface area contributed by atoms with Crippen LogP contribution in [0.4, 0.5) is 0 Å². The first-order chi connectivity index (χ1) is 12.5. The van der Waals surface area contributed by atoms with Gasteiger partial charge in [0.2, 0.25) is 0 Å². The minimum Gasteiger partial charge on any atom is -0.483 e. The molecule has 0 aliphatic carbocycles. The quantitative estimate of drug-likeness (QED) is 0.608. The summed E-state index contributed by atoms with van der Waals surface area (Å²) < 4.78 is 6.39. The SMILES string of the molecule is CCC(=O)c1cc(Br)ccc1OCC(=O)N[C@H](C)CCc1ccccc1. The maximum Gasteiger partial charge on any atom is 0.258 e. The second-order valence-electron chi connectivity index (χ2n) is 6.20. The van der Waals surface area contributed by atoms with Crippen molar-refractivity contribution in [2.45, 2.75) is 39.2 Å². The van der Waals surface area contributed by atoms with E-state index in [1.165, 1.54) is 5.56 Å². The van der Waals surface area contributed by atoms with Crippen LogP contribution in [0.2, 0.25) is 0 Å². The summed E-state index contributed by atoms with van der Waals surface area (Å²) in [5.41, 5.74) is 1.74. The van der Waals surface area contributed by atoms with Gasteiger partial charge in [-0.3, -0.25) is 9.59 Å². The second kappa shape index (κ2) is 10.1. The molecule has 0 radical (unpaired) electrons. The van der Waals surface area contributed by atoms with Crippen LogP contribution in [0.25, 0.3) is 0 Å². The molecular formula is C21H24BrNO3. The Bertz CT molecular complexity index is 746. The van der Waals surface area contributed by atoms with E-state index in [0.717, 1.165) is 17.3 Å². The first-order valence-electron chi connectivity index (χ1n) is 8.78. The molecule has 1 amide bonds. The number of hydrogen-bond acceptors (Lipinski definition) is 3. The molecule has 2 aromatic carbocycles. The third-order valence-electron chi connectivity index (χ3n) is 4.04. The van der Waals surface area contributed by atoms with E-state index in [1.807, 2.05) is 25.1 Å². The summed E-state index contributed by atoms with van der Waals surface area (Å²) in [7, 11) is 0. The van der Waals surface area contributed by atoms with E-state index in [1.54, 1.807) is 25.1 Å². The number of amides is 1. The van der Waals surface area contributed by atoms with Crippen molar-refractivity contribution >= 4 is 27.6 Å². The van der Waals surface area contributed by atoms with Crippen molar-refractivity contribution < 1.29 is 14.3 Å². The molecule has 1 N–H and O–H groups in total. The van der Waals surface area contributed by atoms with Gasteiger partial charge in [0.05, 0.1) is 5.56 Å². The van der Waals surface area contributed by atoms with Gasteiger partial charge in [-0.15, -0.1) is 0 Å². The maximum absolute atomic E-state index is 12.1. The second-order valence-corrected chi connectivity index (χ2v) is 7.11. The Morgan fingerprint density at radius 1 is 1.15 bits per heavy atom. The van der Waals surface area contributed by atoms with Crippen molar-refractivity contribution in [1.82, 2.24) is 5.32 Å². The van der Waals surface area contributed by atoms with Gasteiger partial charge in [0, 0.05) is 16.9 Å². The standard InChI is InChI=1S/C21H24BrNO3/c1-3-19(24)18-13-17(22)11-12-20(18)26-14-21(25)23-15(2)9-10-16-7-5-4-6-8-16/h4-8,11-13,15H,3,9-10,14H2,1-2H3,(H,23,25)/t15-/m1/s1. The molecule has 0 aliphatic rings. The Labute approximate surface area is 163 Å². The maximum atomic E-state index is 12.1. The molecule has 5 heteroatoms. The highest BCUT2D eigenvalue weighted by Gasteiger charge is 2.14. The molecule has 2 aromatic rings. The lowest BCUT2D eigenvalue weighted by atomic mass is 10.1. The van der Waals surface area contributed by atoms with Gasteiger partial charge in [0.1, 0.15) is 5.75 Å². The number of ether oxygens (including phenoxy) is 1. The Hall–Kier alpha value is -2.14.